The first-order valence-corrected chi connectivity index (χ1v) is 6.43. The van der Waals surface area contributed by atoms with Gasteiger partial charge in [-0.2, -0.15) is 0 Å². The van der Waals surface area contributed by atoms with Crippen LogP contribution in [0.4, 0.5) is 10.1 Å². The number of aryl methyl sites for hydroxylation is 1. The van der Waals surface area contributed by atoms with Crippen molar-refractivity contribution in [3.05, 3.63) is 65.5 Å². The number of amides is 1. The summed E-state index contributed by atoms with van der Waals surface area (Å²) in [7, 11) is 0. The van der Waals surface area contributed by atoms with Gasteiger partial charge in [0.1, 0.15) is 5.82 Å². The molecule has 0 aliphatic heterocycles. The van der Waals surface area contributed by atoms with Gasteiger partial charge in [0.15, 0.2) is 0 Å². The van der Waals surface area contributed by atoms with E-state index in [2.05, 4.69) is 5.32 Å². The highest BCUT2D eigenvalue weighted by atomic mass is 19.1. The van der Waals surface area contributed by atoms with Crippen molar-refractivity contribution in [2.75, 3.05) is 5.32 Å². The molecule has 20 heavy (non-hydrogen) atoms. The molecule has 3 N–H and O–H groups in total. The second kappa shape index (κ2) is 6.30. The second-order valence-electron chi connectivity index (χ2n) is 4.75. The van der Waals surface area contributed by atoms with E-state index in [0.29, 0.717) is 17.7 Å². The van der Waals surface area contributed by atoms with Crippen molar-refractivity contribution in [1.82, 2.24) is 0 Å². The fourth-order valence-corrected chi connectivity index (χ4v) is 1.87. The van der Waals surface area contributed by atoms with E-state index in [-0.39, 0.29) is 11.7 Å². The molecule has 0 saturated heterocycles. The summed E-state index contributed by atoms with van der Waals surface area (Å²) in [5.41, 5.74) is 7.81. The number of anilines is 1. The molecule has 0 spiro atoms. The summed E-state index contributed by atoms with van der Waals surface area (Å²) in [4.78, 5) is 12.0. The van der Waals surface area contributed by atoms with Crippen molar-refractivity contribution in [2.24, 2.45) is 5.73 Å². The molecule has 0 aliphatic carbocycles. The van der Waals surface area contributed by atoms with Crippen LogP contribution in [0.25, 0.3) is 0 Å². The van der Waals surface area contributed by atoms with E-state index in [0.717, 1.165) is 5.56 Å². The van der Waals surface area contributed by atoms with Crippen molar-refractivity contribution in [2.45, 2.75) is 19.4 Å². The van der Waals surface area contributed by atoms with Crippen LogP contribution >= 0.6 is 0 Å². The van der Waals surface area contributed by atoms with Gasteiger partial charge in [0.05, 0.1) is 6.04 Å². The maximum absolute atomic E-state index is 13.4. The molecule has 0 heterocycles. The standard InChI is InChI=1S/C16H17FN2O/c1-11-7-8-13(10-14(11)17)19-16(20)15(18)9-12-5-3-2-4-6-12/h2-8,10,15H,9,18H2,1H3,(H,19,20). The number of carbonyl (C=O) groups excluding carboxylic acids is 1. The van der Waals surface area contributed by atoms with E-state index < -0.39 is 6.04 Å². The first-order valence-electron chi connectivity index (χ1n) is 6.43. The van der Waals surface area contributed by atoms with Gasteiger partial charge in [-0.3, -0.25) is 4.79 Å². The van der Waals surface area contributed by atoms with Crippen molar-refractivity contribution in [1.29, 1.82) is 0 Å². The summed E-state index contributed by atoms with van der Waals surface area (Å²) in [6, 6.07) is 13.4. The number of hydrogen-bond acceptors (Lipinski definition) is 2. The number of nitrogens with two attached hydrogens (primary N) is 1. The summed E-state index contributed by atoms with van der Waals surface area (Å²) in [5, 5.41) is 2.63. The number of halogens is 1. The lowest BCUT2D eigenvalue weighted by molar-refractivity contribution is -0.117. The van der Waals surface area contributed by atoms with Crippen LogP contribution in [0.3, 0.4) is 0 Å². The molecule has 4 heteroatoms. The van der Waals surface area contributed by atoms with Crippen molar-refractivity contribution >= 4 is 11.6 Å². The SMILES string of the molecule is Cc1ccc(NC(=O)C(N)Cc2ccccc2)cc1F. The fourth-order valence-electron chi connectivity index (χ4n) is 1.87. The van der Waals surface area contributed by atoms with Crippen molar-refractivity contribution in [3.63, 3.8) is 0 Å². The zero-order chi connectivity index (χ0) is 14.5. The second-order valence-corrected chi connectivity index (χ2v) is 4.75. The summed E-state index contributed by atoms with van der Waals surface area (Å²) in [6.45, 7) is 1.67. The summed E-state index contributed by atoms with van der Waals surface area (Å²) in [5.74, 6) is -0.670. The van der Waals surface area contributed by atoms with Crippen LogP contribution in [-0.4, -0.2) is 11.9 Å². The number of benzene rings is 2. The monoisotopic (exact) mass is 272 g/mol. The highest BCUT2D eigenvalue weighted by Gasteiger charge is 2.14. The van der Waals surface area contributed by atoms with Gasteiger partial charge in [-0.25, -0.2) is 4.39 Å². The van der Waals surface area contributed by atoms with Gasteiger partial charge >= 0.3 is 0 Å². The highest BCUT2D eigenvalue weighted by Crippen LogP contribution is 2.14. The van der Waals surface area contributed by atoms with Gasteiger partial charge in [-0.15, -0.1) is 0 Å². The summed E-state index contributed by atoms with van der Waals surface area (Å²) >= 11 is 0. The maximum atomic E-state index is 13.4. The lowest BCUT2D eigenvalue weighted by atomic mass is 10.1. The molecule has 104 valence electrons. The van der Waals surface area contributed by atoms with E-state index in [9.17, 15) is 9.18 Å². The Labute approximate surface area is 117 Å². The lowest BCUT2D eigenvalue weighted by Gasteiger charge is -2.12. The Balaban J connectivity index is 1.99. The summed E-state index contributed by atoms with van der Waals surface area (Å²) in [6.07, 6.45) is 0.445. The van der Waals surface area contributed by atoms with Gasteiger partial charge in [-0.05, 0) is 36.6 Å². The molecule has 0 saturated carbocycles. The first-order chi connectivity index (χ1) is 9.56. The van der Waals surface area contributed by atoms with E-state index in [1.165, 1.54) is 6.07 Å². The minimum Gasteiger partial charge on any atom is -0.325 e. The molecule has 2 aromatic rings. The van der Waals surface area contributed by atoms with E-state index >= 15 is 0 Å². The number of nitrogens with one attached hydrogen (secondary N) is 1. The molecule has 0 bridgehead atoms. The topological polar surface area (TPSA) is 55.1 Å². The fraction of sp³-hybridized carbons (Fsp3) is 0.188. The predicted molar refractivity (Wildman–Crippen MR) is 77.9 cm³/mol. The first kappa shape index (κ1) is 14.2. The molecule has 3 nitrogen and oxygen atoms in total. The minimum absolute atomic E-state index is 0.322. The zero-order valence-electron chi connectivity index (χ0n) is 11.3. The summed E-state index contributed by atoms with van der Waals surface area (Å²) < 4.78 is 13.4. The van der Waals surface area contributed by atoms with E-state index in [4.69, 9.17) is 5.73 Å². The van der Waals surface area contributed by atoms with Crippen LogP contribution in [-0.2, 0) is 11.2 Å². The third kappa shape index (κ3) is 3.65. The molecule has 0 fully saturated rings. The Morgan fingerprint density at radius 3 is 2.60 bits per heavy atom. The van der Waals surface area contributed by atoms with Gasteiger partial charge in [0.25, 0.3) is 0 Å². The van der Waals surface area contributed by atoms with Crippen LogP contribution < -0.4 is 11.1 Å². The average molecular weight is 272 g/mol. The molecule has 1 unspecified atom stereocenters. The molecule has 0 aliphatic rings. The Bertz CT molecular complexity index is 599. The van der Waals surface area contributed by atoms with Crippen LogP contribution in [0.5, 0.6) is 0 Å². The molecule has 1 amide bonds. The predicted octanol–water partition coefficient (Wildman–Crippen LogP) is 2.64. The van der Waals surface area contributed by atoms with E-state index in [1.807, 2.05) is 30.3 Å². The van der Waals surface area contributed by atoms with Gasteiger partial charge < -0.3 is 11.1 Å². The van der Waals surface area contributed by atoms with Crippen molar-refractivity contribution in [3.8, 4) is 0 Å². The molecular weight excluding hydrogens is 255 g/mol. The number of carbonyl (C=O) groups is 1. The van der Waals surface area contributed by atoms with Crippen LogP contribution in [0, 0.1) is 12.7 Å². The third-order valence-electron chi connectivity index (χ3n) is 3.07. The average Bonchev–Trinajstić information content (AvgIpc) is 2.44. The number of rotatable bonds is 4. The van der Waals surface area contributed by atoms with Crippen LogP contribution in [0.15, 0.2) is 48.5 Å². The van der Waals surface area contributed by atoms with Gasteiger partial charge in [0.2, 0.25) is 5.91 Å². The van der Waals surface area contributed by atoms with Crippen molar-refractivity contribution < 1.29 is 9.18 Å². The highest BCUT2D eigenvalue weighted by molar-refractivity contribution is 5.94. The molecule has 1 atom stereocenters. The zero-order valence-corrected chi connectivity index (χ0v) is 11.3. The molecule has 0 aromatic heterocycles. The van der Waals surface area contributed by atoms with E-state index in [1.54, 1.807) is 19.1 Å². The number of hydrogen-bond donors (Lipinski definition) is 2. The Morgan fingerprint density at radius 2 is 1.95 bits per heavy atom. The Hall–Kier alpha value is -2.20. The molecule has 2 aromatic carbocycles. The maximum Gasteiger partial charge on any atom is 0.241 e. The van der Waals surface area contributed by atoms with Crippen LogP contribution in [0.1, 0.15) is 11.1 Å². The third-order valence-corrected chi connectivity index (χ3v) is 3.07. The smallest absolute Gasteiger partial charge is 0.241 e. The quantitative estimate of drug-likeness (QED) is 0.899. The Kier molecular flexibility index (Phi) is 4.48. The molecule has 0 radical (unpaired) electrons. The molecular formula is C16H17FN2O. The van der Waals surface area contributed by atoms with Crippen LogP contribution in [0.2, 0.25) is 0 Å². The minimum atomic E-state index is -0.665. The molecule has 2 rings (SSSR count). The van der Waals surface area contributed by atoms with Gasteiger partial charge in [0, 0.05) is 5.69 Å². The van der Waals surface area contributed by atoms with Gasteiger partial charge in [-0.1, -0.05) is 36.4 Å². The normalized spacial score (nSPS) is 11.9. The largest absolute Gasteiger partial charge is 0.325 e. The lowest BCUT2D eigenvalue weighted by Crippen LogP contribution is -2.37. The Morgan fingerprint density at radius 1 is 1.25 bits per heavy atom.